The zero-order valence-electron chi connectivity index (χ0n) is 8.11. The van der Waals surface area contributed by atoms with Gasteiger partial charge in [0, 0.05) is 0 Å². The Bertz CT molecular complexity index is 590. The van der Waals surface area contributed by atoms with E-state index in [0.717, 1.165) is 16.5 Å². The standard InChI is InChI=1S/C12H8O3/c1-14-12-8-4-5-15-10(8)6-7-2-3-9(13)11(7)12/h2-6H,1H3. The molecule has 1 aromatic carbocycles. The van der Waals surface area contributed by atoms with Gasteiger partial charge < -0.3 is 9.15 Å². The lowest BCUT2D eigenvalue weighted by Gasteiger charge is -2.06. The Morgan fingerprint density at radius 3 is 3.00 bits per heavy atom. The number of methoxy groups -OCH3 is 1. The van der Waals surface area contributed by atoms with Crippen LogP contribution in [-0.2, 0) is 0 Å². The van der Waals surface area contributed by atoms with Crippen LogP contribution in [0, 0.1) is 0 Å². The highest BCUT2D eigenvalue weighted by Crippen LogP contribution is 2.36. The van der Waals surface area contributed by atoms with Crippen molar-refractivity contribution in [2.75, 3.05) is 7.11 Å². The SMILES string of the molecule is COc1c2c(cc3occc13)C=CC2=O. The molecule has 0 fully saturated rings. The zero-order valence-corrected chi connectivity index (χ0v) is 8.11. The van der Waals surface area contributed by atoms with Gasteiger partial charge in [-0.25, -0.2) is 0 Å². The summed E-state index contributed by atoms with van der Waals surface area (Å²) in [5.74, 6) is 0.594. The number of hydrogen-bond acceptors (Lipinski definition) is 3. The molecule has 0 saturated carbocycles. The van der Waals surface area contributed by atoms with Crippen molar-refractivity contribution in [3.8, 4) is 5.75 Å². The highest BCUT2D eigenvalue weighted by molar-refractivity contribution is 6.18. The number of rotatable bonds is 1. The predicted molar refractivity (Wildman–Crippen MR) is 56.1 cm³/mol. The van der Waals surface area contributed by atoms with Crippen molar-refractivity contribution in [2.24, 2.45) is 0 Å². The van der Waals surface area contributed by atoms with E-state index >= 15 is 0 Å². The summed E-state index contributed by atoms with van der Waals surface area (Å²) < 4.78 is 10.6. The largest absolute Gasteiger partial charge is 0.495 e. The van der Waals surface area contributed by atoms with E-state index in [2.05, 4.69) is 0 Å². The minimum Gasteiger partial charge on any atom is -0.495 e. The van der Waals surface area contributed by atoms with E-state index in [4.69, 9.17) is 9.15 Å². The fraction of sp³-hybridized carbons (Fsp3) is 0.0833. The summed E-state index contributed by atoms with van der Waals surface area (Å²) in [7, 11) is 1.56. The zero-order chi connectivity index (χ0) is 10.4. The Hall–Kier alpha value is -2.03. The highest BCUT2D eigenvalue weighted by atomic mass is 16.5. The van der Waals surface area contributed by atoms with Crippen LogP contribution in [0.1, 0.15) is 15.9 Å². The molecule has 1 aliphatic carbocycles. The van der Waals surface area contributed by atoms with Crippen LogP contribution in [0.3, 0.4) is 0 Å². The van der Waals surface area contributed by atoms with Crippen LogP contribution in [0.25, 0.3) is 17.0 Å². The van der Waals surface area contributed by atoms with Crippen LogP contribution < -0.4 is 4.74 Å². The summed E-state index contributed by atoms with van der Waals surface area (Å²) in [6, 6.07) is 3.66. The topological polar surface area (TPSA) is 39.4 Å². The summed E-state index contributed by atoms with van der Waals surface area (Å²) >= 11 is 0. The number of benzene rings is 1. The minimum atomic E-state index is -0.00931. The molecule has 1 aromatic heterocycles. The second-order valence-corrected chi connectivity index (χ2v) is 3.40. The van der Waals surface area contributed by atoms with Crippen molar-refractivity contribution in [3.05, 3.63) is 35.6 Å². The van der Waals surface area contributed by atoms with Crippen LogP contribution in [0.4, 0.5) is 0 Å². The smallest absolute Gasteiger partial charge is 0.190 e. The maximum absolute atomic E-state index is 11.6. The van der Waals surface area contributed by atoms with Crippen LogP contribution >= 0.6 is 0 Å². The molecule has 0 bridgehead atoms. The number of hydrogen-bond donors (Lipinski definition) is 0. The molecule has 0 aliphatic heterocycles. The third-order valence-electron chi connectivity index (χ3n) is 2.61. The number of ether oxygens (including phenoxy) is 1. The first-order valence-electron chi connectivity index (χ1n) is 4.62. The molecule has 3 rings (SSSR count). The summed E-state index contributed by atoms with van der Waals surface area (Å²) in [5.41, 5.74) is 2.23. The van der Waals surface area contributed by atoms with E-state index in [1.54, 1.807) is 31.6 Å². The Morgan fingerprint density at radius 2 is 2.20 bits per heavy atom. The number of fused-ring (bicyclic) bond motifs is 2. The molecule has 3 nitrogen and oxygen atoms in total. The molecule has 2 aromatic rings. The minimum absolute atomic E-state index is 0.00931. The second-order valence-electron chi connectivity index (χ2n) is 3.40. The van der Waals surface area contributed by atoms with Gasteiger partial charge >= 0.3 is 0 Å². The maximum Gasteiger partial charge on any atom is 0.190 e. The first-order chi connectivity index (χ1) is 7.31. The number of furan rings is 1. The number of allylic oxidation sites excluding steroid dienone is 1. The molecule has 15 heavy (non-hydrogen) atoms. The molecule has 0 unspecified atom stereocenters. The Balaban J connectivity index is 2.47. The van der Waals surface area contributed by atoms with E-state index in [9.17, 15) is 4.79 Å². The lowest BCUT2D eigenvalue weighted by molar-refractivity contribution is 0.104. The van der Waals surface area contributed by atoms with Crippen molar-refractivity contribution in [3.63, 3.8) is 0 Å². The van der Waals surface area contributed by atoms with Crippen molar-refractivity contribution >= 4 is 22.8 Å². The van der Waals surface area contributed by atoms with Crippen molar-refractivity contribution in [1.82, 2.24) is 0 Å². The van der Waals surface area contributed by atoms with Crippen LogP contribution in [-0.4, -0.2) is 12.9 Å². The van der Waals surface area contributed by atoms with Crippen molar-refractivity contribution in [1.29, 1.82) is 0 Å². The number of ketones is 1. The fourth-order valence-corrected chi connectivity index (χ4v) is 1.95. The van der Waals surface area contributed by atoms with Gasteiger partial charge in [0.15, 0.2) is 5.78 Å². The average molecular weight is 200 g/mol. The van der Waals surface area contributed by atoms with E-state index in [-0.39, 0.29) is 5.78 Å². The van der Waals surface area contributed by atoms with Crippen molar-refractivity contribution < 1.29 is 13.9 Å². The summed E-state index contributed by atoms with van der Waals surface area (Å²) in [6.45, 7) is 0. The van der Waals surface area contributed by atoms with E-state index < -0.39 is 0 Å². The van der Waals surface area contributed by atoms with Gasteiger partial charge in [0.2, 0.25) is 0 Å². The van der Waals surface area contributed by atoms with E-state index in [1.807, 2.05) is 6.07 Å². The molecular formula is C12H8O3. The molecular weight excluding hydrogens is 192 g/mol. The van der Waals surface area contributed by atoms with Gasteiger partial charge in [0.05, 0.1) is 24.3 Å². The highest BCUT2D eigenvalue weighted by Gasteiger charge is 2.22. The quantitative estimate of drug-likeness (QED) is 0.710. The number of carbonyl (C=O) groups is 1. The van der Waals surface area contributed by atoms with Crippen LogP contribution in [0.15, 0.2) is 28.9 Å². The van der Waals surface area contributed by atoms with E-state index in [1.165, 1.54) is 0 Å². The second kappa shape index (κ2) is 2.73. The van der Waals surface area contributed by atoms with Gasteiger partial charge in [-0.2, -0.15) is 0 Å². The van der Waals surface area contributed by atoms with Crippen molar-refractivity contribution in [2.45, 2.75) is 0 Å². The normalized spacial score (nSPS) is 13.5. The Labute approximate surface area is 85.9 Å². The number of carbonyl (C=O) groups excluding carboxylic acids is 1. The maximum atomic E-state index is 11.6. The molecule has 0 amide bonds. The lowest BCUT2D eigenvalue weighted by Crippen LogP contribution is -1.97. The molecule has 0 radical (unpaired) electrons. The van der Waals surface area contributed by atoms with Gasteiger partial charge in [-0.3, -0.25) is 4.79 Å². The van der Waals surface area contributed by atoms with Crippen LogP contribution in [0.5, 0.6) is 5.75 Å². The van der Waals surface area contributed by atoms with E-state index in [0.29, 0.717) is 11.3 Å². The monoisotopic (exact) mass is 200 g/mol. The molecule has 0 spiro atoms. The third kappa shape index (κ3) is 0.973. The third-order valence-corrected chi connectivity index (χ3v) is 2.61. The average Bonchev–Trinajstić information content (AvgIpc) is 2.83. The molecule has 0 saturated heterocycles. The first-order valence-corrected chi connectivity index (χ1v) is 4.62. The van der Waals surface area contributed by atoms with Gasteiger partial charge in [-0.05, 0) is 23.8 Å². The van der Waals surface area contributed by atoms with Gasteiger partial charge in [-0.15, -0.1) is 0 Å². The predicted octanol–water partition coefficient (Wildman–Crippen LogP) is 2.65. The van der Waals surface area contributed by atoms with Gasteiger partial charge in [0.25, 0.3) is 0 Å². The summed E-state index contributed by atoms with van der Waals surface area (Å²) in [4.78, 5) is 11.6. The molecule has 0 atom stereocenters. The molecule has 1 heterocycles. The Kier molecular flexibility index (Phi) is 1.51. The van der Waals surface area contributed by atoms with Crippen LogP contribution in [0.2, 0.25) is 0 Å². The molecule has 0 N–H and O–H groups in total. The van der Waals surface area contributed by atoms with Gasteiger partial charge in [-0.1, -0.05) is 6.08 Å². The molecule has 74 valence electrons. The first kappa shape index (κ1) is 8.29. The van der Waals surface area contributed by atoms with Gasteiger partial charge in [0.1, 0.15) is 11.3 Å². The lowest BCUT2D eigenvalue weighted by atomic mass is 10.1. The molecule has 3 heteroatoms. The Morgan fingerprint density at radius 1 is 1.33 bits per heavy atom. The summed E-state index contributed by atoms with van der Waals surface area (Å²) in [6.07, 6.45) is 4.92. The molecule has 1 aliphatic rings. The fourth-order valence-electron chi connectivity index (χ4n) is 1.95. The summed E-state index contributed by atoms with van der Waals surface area (Å²) in [5, 5.41) is 0.841.